The molecule has 0 amide bonds. The Kier molecular flexibility index (Phi) is 2.88. The summed E-state index contributed by atoms with van der Waals surface area (Å²) < 4.78 is 1.10. The van der Waals surface area contributed by atoms with Gasteiger partial charge in [-0.05, 0) is 36.8 Å². The first-order valence-corrected chi connectivity index (χ1v) is 6.73. The standard InChI is InChI=1S/C14H10BrClN2/c1-8-7-9(5-6-10(8)15)14-17-12-4-2-3-11(16)13(12)18-14/h2-7H,1H3,(H,17,18). The number of H-pyrrole nitrogens is 1. The Balaban J connectivity index is 2.19. The average molecular weight is 322 g/mol. The molecule has 0 aliphatic heterocycles. The summed E-state index contributed by atoms with van der Waals surface area (Å²) in [7, 11) is 0. The second-order valence-electron chi connectivity index (χ2n) is 4.19. The third-order valence-corrected chi connectivity index (χ3v) is 4.09. The minimum atomic E-state index is 0.670. The quantitative estimate of drug-likeness (QED) is 0.674. The Morgan fingerprint density at radius 2 is 2.06 bits per heavy atom. The SMILES string of the molecule is Cc1cc(-c2nc3c(Cl)cccc3[nH]2)ccc1Br. The van der Waals surface area contributed by atoms with Crippen LogP contribution < -0.4 is 0 Å². The Morgan fingerprint density at radius 1 is 1.22 bits per heavy atom. The topological polar surface area (TPSA) is 28.7 Å². The summed E-state index contributed by atoms with van der Waals surface area (Å²) >= 11 is 9.62. The number of imidazole rings is 1. The van der Waals surface area contributed by atoms with Crippen molar-refractivity contribution >= 4 is 38.6 Å². The van der Waals surface area contributed by atoms with Crippen LogP contribution in [0.1, 0.15) is 5.56 Å². The molecule has 4 heteroatoms. The molecule has 0 bridgehead atoms. The highest BCUT2D eigenvalue weighted by molar-refractivity contribution is 9.10. The van der Waals surface area contributed by atoms with Crippen molar-refractivity contribution in [3.63, 3.8) is 0 Å². The van der Waals surface area contributed by atoms with E-state index in [0.717, 1.165) is 26.9 Å². The van der Waals surface area contributed by atoms with Crippen LogP contribution in [0.15, 0.2) is 40.9 Å². The molecule has 18 heavy (non-hydrogen) atoms. The van der Waals surface area contributed by atoms with Crippen molar-refractivity contribution < 1.29 is 0 Å². The van der Waals surface area contributed by atoms with E-state index >= 15 is 0 Å². The van der Waals surface area contributed by atoms with E-state index in [1.165, 1.54) is 5.56 Å². The third-order valence-electron chi connectivity index (χ3n) is 2.89. The summed E-state index contributed by atoms with van der Waals surface area (Å²) in [6, 6.07) is 11.9. The second kappa shape index (κ2) is 4.41. The van der Waals surface area contributed by atoms with Crippen LogP contribution >= 0.6 is 27.5 Å². The summed E-state index contributed by atoms with van der Waals surface area (Å²) in [6.45, 7) is 2.06. The maximum atomic E-state index is 6.12. The van der Waals surface area contributed by atoms with E-state index in [9.17, 15) is 0 Å². The summed E-state index contributed by atoms with van der Waals surface area (Å²) in [5, 5.41) is 0.670. The van der Waals surface area contributed by atoms with Crippen molar-refractivity contribution in [2.45, 2.75) is 6.92 Å². The fourth-order valence-electron chi connectivity index (χ4n) is 1.93. The molecule has 2 nitrogen and oxygen atoms in total. The van der Waals surface area contributed by atoms with Crippen LogP contribution in [0.2, 0.25) is 5.02 Å². The molecular formula is C14H10BrClN2. The molecule has 0 unspecified atom stereocenters. The van der Waals surface area contributed by atoms with E-state index < -0.39 is 0 Å². The van der Waals surface area contributed by atoms with Gasteiger partial charge in [0.15, 0.2) is 0 Å². The van der Waals surface area contributed by atoms with Crippen molar-refractivity contribution in [1.82, 2.24) is 9.97 Å². The number of aromatic amines is 1. The van der Waals surface area contributed by atoms with Crippen molar-refractivity contribution in [1.29, 1.82) is 0 Å². The average Bonchev–Trinajstić information content (AvgIpc) is 2.78. The molecule has 3 aromatic rings. The van der Waals surface area contributed by atoms with Gasteiger partial charge in [0.25, 0.3) is 0 Å². The van der Waals surface area contributed by atoms with Crippen LogP contribution in [-0.4, -0.2) is 9.97 Å². The number of nitrogens with zero attached hydrogens (tertiary/aromatic N) is 1. The molecule has 0 aliphatic rings. The Morgan fingerprint density at radius 3 is 2.78 bits per heavy atom. The third kappa shape index (κ3) is 1.93. The minimum absolute atomic E-state index is 0.670. The van der Waals surface area contributed by atoms with Gasteiger partial charge in [-0.15, -0.1) is 0 Å². The van der Waals surface area contributed by atoms with E-state index in [2.05, 4.69) is 38.9 Å². The Bertz CT molecular complexity index is 734. The number of aromatic nitrogens is 2. The smallest absolute Gasteiger partial charge is 0.138 e. The Labute approximate surface area is 118 Å². The maximum Gasteiger partial charge on any atom is 0.138 e. The molecule has 1 N–H and O–H groups in total. The van der Waals surface area contributed by atoms with Crippen LogP contribution in [-0.2, 0) is 0 Å². The van der Waals surface area contributed by atoms with E-state index in [4.69, 9.17) is 11.6 Å². The number of rotatable bonds is 1. The van der Waals surface area contributed by atoms with Crippen LogP contribution in [0.25, 0.3) is 22.4 Å². The molecule has 90 valence electrons. The number of halogens is 2. The number of hydrogen-bond acceptors (Lipinski definition) is 1. The zero-order valence-corrected chi connectivity index (χ0v) is 12.0. The lowest BCUT2D eigenvalue weighted by Gasteiger charge is -2.00. The second-order valence-corrected chi connectivity index (χ2v) is 5.45. The molecule has 0 saturated heterocycles. The number of para-hydroxylation sites is 1. The summed E-state index contributed by atoms with van der Waals surface area (Å²) in [6.07, 6.45) is 0. The highest BCUT2D eigenvalue weighted by Gasteiger charge is 2.08. The summed E-state index contributed by atoms with van der Waals surface area (Å²) in [5.41, 5.74) is 4.01. The van der Waals surface area contributed by atoms with E-state index in [-0.39, 0.29) is 0 Å². The van der Waals surface area contributed by atoms with Gasteiger partial charge < -0.3 is 4.98 Å². The molecule has 0 saturated carbocycles. The number of aryl methyl sites for hydroxylation is 1. The lowest BCUT2D eigenvalue weighted by molar-refractivity contribution is 1.32. The first-order valence-electron chi connectivity index (χ1n) is 5.56. The van der Waals surface area contributed by atoms with Gasteiger partial charge in [-0.2, -0.15) is 0 Å². The number of nitrogens with one attached hydrogen (secondary N) is 1. The van der Waals surface area contributed by atoms with Crippen LogP contribution in [0.5, 0.6) is 0 Å². The fourth-order valence-corrected chi connectivity index (χ4v) is 2.39. The van der Waals surface area contributed by atoms with Crippen LogP contribution in [0, 0.1) is 6.92 Å². The molecule has 1 heterocycles. The van der Waals surface area contributed by atoms with E-state index in [0.29, 0.717) is 5.02 Å². The van der Waals surface area contributed by atoms with Gasteiger partial charge in [0.1, 0.15) is 11.3 Å². The molecule has 0 radical (unpaired) electrons. The normalized spacial score (nSPS) is 11.1. The van der Waals surface area contributed by atoms with Gasteiger partial charge in [0, 0.05) is 10.0 Å². The predicted molar refractivity (Wildman–Crippen MR) is 79.0 cm³/mol. The Hall–Kier alpha value is -1.32. The highest BCUT2D eigenvalue weighted by atomic mass is 79.9. The number of fused-ring (bicyclic) bond motifs is 1. The maximum absolute atomic E-state index is 6.12. The van der Waals surface area contributed by atoms with Gasteiger partial charge in [0.05, 0.1) is 10.5 Å². The first-order chi connectivity index (χ1) is 8.65. The van der Waals surface area contributed by atoms with Gasteiger partial charge >= 0.3 is 0 Å². The minimum Gasteiger partial charge on any atom is -0.338 e. The summed E-state index contributed by atoms with van der Waals surface area (Å²) in [5.74, 6) is 0.841. The molecule has 0 fully saturated rings. The molecule has 3 rings (SSSR count). The van der Waals surface area contributed by atoms with E-state index in [1.807, 2.05) is 30.3 Å². The predicted octanol–water partition coefficient (Wildman–Crippen LogP) is 4.95. The number of benzene rings is 2. The number of hydrogen-bond donors (Lipinski definition) is 1. The van der Waals surface area contributed by atoms with Crippen molar-refractivity contribution in [2.24, 2.45) is 0 Å². The fraction of sp³-hybridized carbons (Fsp3) is 0.0714. The lowest BCUT2D eigenvalue weighted by Crippen LogP contribution is -1.82. The monoisotopic (exact) mass is 320 g/mol. The lowest BCUT2D eigenvalue weighted by atomic mass is 10.1. The zero-order chi connectivity index (χ0) is 12.7. The van der Waals surface area contributed by atoms with Gasteiger partial charge in [-0.1, -0.05) is 39.7 Å². The van der Waals surface area contributed by atoms with Crippen LogP contribution in [0.4, 0.5) is 0 Å². The first kappa shape index (κ1) is 11.8. The van der Waals surface area contributed by atoms with Gasteiger partial charge in [-0.25, -0.2) is 4.98 Å². The molecule has 1 aromatic heterocycles. The molecular weight excluding hydrogens is 312 g/mol. The zero-order valence-electron chi connectivity index (χ0n) is 9.67. The van der Waals surface area contributed by atoms with Crippen molar-refractivity contribution in [2.75, 3.05) is 0 Å². The largest absolute Gasteiger partial charge is 0.338 e. The van der Waals surface area contributed by atoms with E-state index in [1.54, 1.807) is 0 Å². The summed E-state index contributed by atoms with van der Waals surface area (Å²) in [4.78, 5) is 7.84. The molecule has 0 aliphatic carbocycles. The molecule has 0 spiro atoms. The van der Waals surface area contributed by atoms with Crippen molar-refractivity contribution in [3.05, 3.63) is 51.5 Å². The highest BCUT2D eigenvalue weighted by Crippen LogP contribution is 2.27. The van der Waals surface area contributed by atoms with Crippen LogP contribution in [0.3, 0.4) is 0 Å². The van der Waals surface area contributed by atoms with Crippen molar-refractivity contribution in [3.8, 4) is 11.4 Å². The van der Waals surface area contributed by atoms with Gasteiger partial charge in [0.2, 0.25) is 0 Å². The van der Waals surface area contributed by atoms with Gasteiger partial charge in [-0.3, -0.25) is 0 Å². The molecule has 2 aromatic carbocycles. The molecule has 0 atom stereocenters.